The summed E-state index contributed by atoms with van der Waals surface area (Å²) in [6.07, 6.45) is 0.925. The molecule has 1 aromatic carbocycles. The van der Waals surface area contributed by atoms with Crippen LogP contribution in [0.3, 0.4) is 0 Å². The van der Waals surface area contributed by atoms with Gasteiger partial charge in [-0.1, -0.05) is 11.3 Å². The van der Waals surface area contributed by atoms with Crippen LogP contribution in [0.15, 0.2) is 18.2 Å². The fourth-order valence-electron chi connectivity index (χ4n) is 1.31. The number of nitrogen functional groups attached to an aromatic ring is 1. The number of anilines is 1. The van der Waals surface area contributed by atoms with Gasteiger partial charge in [0, 0.05) is 5.56 Å². The summed E-state index contributed by atoms with van der Waals surface area (Å²) in [4.78, 5) is 15.6. The van der Waals surface area contributed by atoms with Crippen LogP contribution in [0.2, 0.25) is 0 Å². The first kappa shape index (κ1) is 11.8. The molecule has 0 aliphatic rings. The second-order valence-corrected chi connectivity index (χ2v) is 6.25. The second kappa shape index (κ2) is 3.97. The fraction of sp³-hybridized carbons (Fsp3) is 0.111. The van der Waals surface area contributed by atoms with Gasteiger partial charge in [0.15, 0.2) is 5.13 Å². The highest BCUT2D eigenvalue weighted by Gasteiger charge is 2.12. The van der Waals surface area contributed by atoms with Gasteiger partial charge in [-0.3, -0.25) is 4.79 Å². The SMILES string of the molecule is CS(=O)(=O)NC(=O)c1ccc2nc(N)sc2c1. The van der Waals surface area contributed by atoms with E-state index in [1.807, 2.05) is 4.72 Å². The van der Waals surface area contributed by atoms with E-state index in [0.29, 0.717) is 10.6 Å². The molecular formula is C9H9N3O3S2. The first-order valence-corrected chi connectivity index (χ1v) is 7.24. The Hall–Kier alpha value is -1.67. The molecule has 3 N–H and O–H groups in total. The van der Waals surface area contributed by atoms with Crippen molar-refractivity contribution in [2.24, 2.45) is 0 Å². The lowest BCUT2D eigenvalue weighted by Crippen LogP contribution is -2.29. The molecule has 2 aromatic rings. The fourth-order valence-corrected chi connectivity index (χ4v) is 2.54. The smallest absolute Gasteiger partial charge is 0.264 e. The molecule has 1 aromatic heterocycles. The number of aromatic nitrogens is 1. The predicted molar refractivity (Wildman–Crippen MR) is 66.3 cm³/mol. The van der Waals surface area contributed by atoms with E-state index in [9.17, 15) is 13.2 Å². The number of benzene rings is 1. The second-order valence-electron chi connectivity index (χ2n) is 3.44. The molecule has 0 spiro atoms. The average molecular weight is 271 g/mol. The van der Waals surface area contributed by atoms with Crippen LogP contribution in [-0.2, 0) is 10.0 Å². The molecule has 2 rings (SSSR count). The zero-order chi connectivity index (χ0) is 12.6. The van der Waals surface area contributed by atoms with Crippen molar-refractivity contribution in [2.75, 3.05) is 12.0 Å². The summed E-state index contributed by atoms with van der Waals surface area (Å²) in [6, 6.07) is 4.69. The minimum Gasteiger partial charge on any atom is -0.375 e. The lowest BCUT2D eigenvalue weighted by Gasteiger charge is -2.01. The van der Waals surface area contributed by atoms with Gasteiger partial charge in [-0.05, 0) is 18.2 Å². The molecule has 0 bridgehead atoms. The largest absolute Gasteiger partial charge is 0.375 e. The van der Waals surface area contributed by atoms with E-state index in [-0.39, 0.29) is 5.56 Å². The Labute approximate surface area is 102 Å². The van der Waals surface area contributed by atoms with Crippen molar-refractivity contribution in [3.8, 4) is 0 Å². The third kappa shape index (κ3) is 2.71. The van der Waals surface area contributed by atoms with Crippen LogP contribution in [0, 0.1) is 0 Å². The Morgan fingerprint density at radius 1 is 1.47 bits per heavy atom. The molecule has 90 valence electrons. The summed E-state index contributed by atoms with van der Waals surface area (Å²) in [7, 11) is -3.56. The highest BCUT2D eigenvalue weighted by molar-refractivity contribution is 7.89. The third-order valence-electron chi connectivity index (χ3n) is 1.95. The maximum Gasteiger partial charge on any atom is 0.264 e. The molecule has 0 fully saturated rings. The maximum atomic E-state index is 11.6. The topological polar surface area (TPSA) is 102 Å². The van der Waals surface area contributed by atoms with Crippen LogP contribution in [0.4, 0.5) is 5.13 Å². The van der Waals surface area contributed by atoms with Crippen LogP contribution < -0.4 is 10.5 Å². The van der Waals surface area contributed by atoms with Crippen LogP contribution in [0.25, 0.3) is 10.2 Å². The third-order valence-corrected chi connectivity index (χ3v) is 3.35. The number of sulfonamides is 1. The van der Waals surface area contributed by atoms with Gasteiger partial charge in [-0.2, -0.15) is 0 Å². The summed E-state index contributed by atoms with van der Waals surface area (Å²) in [5, 5.41) is 0.403. The summed E-state index contributed by atoms with van der Waals surface area (Å²) in [5.41, 5.74) is 6.47. The Bertz CT molecular complexity index is 691. The summed E-state index contributed by atoms with van der Waals surface area (Å²) in [5.74, 6) is -0.665. The number of amides is 1. The molecular weight excluding hydrogens is 262 g/mol. The summed E-state index contributed by atoms with van der Waals surface area (Å²) < 4.78 is 24.5. The number of rotatable bonds is 2. The number of nitrogens with two attached hydrogens (primary N) is 1. The zero-order valence-electron chi connectivity index (χ0n) is 8.80. The van der Waals surface area contributed by atoms with E-state index in [4.69, 9.17) is 5.73 Å². The Morgan fingerprint density at radius 2 is 2.18 bits per heavy atom. The Balaban J connectivity index is 2.39. The number of fused-ring (bicyclic) bond motifs is 1. The van der Waals surface area contributed by atoms with Gasteiger partial charge in [0.25, 0.3) is 5.91 Å². The Kier molecular flexibility index (Phi) is 2.76. The highest BCUT2D eigenvalue weighted by Crippen LogP contribution is 2.24. The van der Waals surface area contributed by atoms with Crippen LogP contribution in [0.1, 0.15) is 10.4 Å². The van der Waals surface area contributed by atoms with Crippen molar-refractivity contribution in [2.45, 2.75) is 0 Å². The quantitative estimate of drug-likeness (QED) is 0.831. The minimum atomic E-state index is -3.56. The lowest BCUT2D eigenvalue weighted by molar-refractivity contribution is 0.0982. The van der Waals surface area contributed by atoms with E-state index in [2.05, 4.69) is 4.98 Å². The molecule has 1 amide bonds. The van der Waals surface area contributed by atoms with Gasteiger partial charge in [-0.15, -0.1) is 0 Å². The highest BCUT2D eigenvalue weighted by atomic mass is 32.2. The van der Waals surface area contributed by atoms with E-state index in [1.165, 1.54) is 17.4 Å². The van der Waals surface area contributed by atoms with Crippen molar-refractivity contribution in [1.82, 2.24) is 9.71 Å². The van der Waals surface area contributed by atoms with Gasteiger partial charge in [0.2, 0.25) is 10.0 Å². The molecule has 0 aliphatic heterocycles. The molecule has 1 heterocycles. The number of nitrogens with one attached hydrogen (secondary N) is 1. The van der Waals surface area contributed by atoms with E-state index in [0.717, 1.165) is 11.0 Å². The summed E-state index contributed by atoms with van der Waals surface area (Å²) in [6.45, 7) is 0. The van der Waals surface area contributed by atoms with Crippen LogP contribution >= 0.6 is 11.3 Å². The van der Waals surface area contributed by atoms with Crippen LogP contribution in [-0.4, -0.2) is 25.6 Å². The number of hydrogen-bond donors (Lipinski definition) is 2. The van der Waals surface area contributed by atoms with Crippen molar-refractivity contribution in [3.05, 3.63) is 23.8 Å². The maximum absolute atomic E-state index is 11.6. The standard InChI is InChI=1S/C9H9N3O3S2/c1-17(14,15)12-8(13)5-2-3-6-7(4-5)16-9(10)11-6/h2-4H,1H3,(H2,10,11)(H,12,13). The molecule has 0 aliphatic carbocycles. The molecule has 17 heavy (non-hydrogen) atoms. The zero-order valence-corrected chi connectivity index (χ0v) is 10.4. The molecule has 0 atom stereocenters. The molecule has 0 saturated carbocycles. The monoisotopic (exact) mass is 271 g/mol. The minimum absolute atomic E-state index is 0.256. The first-order valence-electron chi connectivity index (χ1n) is 4.53. The van der Waals surface area contributed by atoms with Gasteiger partial charge in [0.05, 0.1) is 16.5 Å². The van der Waals surface area contributed by atoms with Gasteiger partial charge >= 0.3 is 0 Å². The number of hydrogen-bond acceptors (Lipinski definition) is 6. The molecule has 8 heteroatoms. The van der Waals surface area contributed by atoms with Crippen molar-refractivity contribution >= 4 is 42.6 Å². The molecule has 0 saturated heterocycles. The van der Waals surface area contributed by atoms with E-state index < -0.39 is 15.9 Å². The van der Waals surface area contributed by atoms with E-state index >= 15 is 0 Å². The normalized spacial score (nSPS) is 11.6. The number of nitrogens with zero attached hydrogens (tertiary/aromatic N) is 1. The number of carbonyl (C=O) groups is 1. The van der Waals surface area contributed by atoms with Crippen molar-refractivity contribution in [1.29, 1.82) is 0 Å². The first-order chi connectivity index (χ1) is 7.85. The van der Waals surface area contributed by atoms with Crippen LogP contribution in [0.5, 0.6) is 0 Å². The van der Waals surface area contributed by atoms with E-state index in [1.54, 1.807) is 12.1 Å². The molecule has 0 unspecified atom stereocenters. The van der Waals surface area contributed by atoms with Gasteiger partial charge < -0.3 is 5.73 Å². The predicted octanol–water partition coefficient (Wildman–Crippen LogP) is 0.568. The Morgan fingerprint density at radius 3 is 2.82 bits per heavy atom. The molecule has 0 radical (unpaired) electrons. The summed E-state index contributed by atoms with van der Waals surface area (Å²) >= 11 is 1.24. The van der Waals surface area contributed by atoms with Gasteiger partial charge in [0.1, 0.15) is 0 Å². The van der Waals surface area contributed by atoms with Crippen molar-refractivity contribution in [3.63, 3.8) is 0 Å². The van der Waals surface area contributed by atoms with Crippen molar-refractivity contribution < 1.29 is 13.2 Å². The number of carbonyl (C=O) groups excluding carboxylic acids is 1. The number of thiazole rings is 1. The average Bonchev–Trinajstić information content (AvgIpc) is 2.53. The lowest BCUT2D eigenvalue weighted by atomic mass is 10.2. The molecule has 6 nitrogen and oxygen atoms in total. The van der Waals surface area contributed by atoms with Gasteiger partial charge in [-0.25, -0.2) is 18.1 Å².